The second kappa shape index (κ2) is 2.48. The quantitative estimate of drug-likeness (QED) is 0.568. The van der Waals surface area contributed by atoms with E-state index in [2.05, 4.69) is 24.8 Å². The van der Waals surface area contributed by atoms with E-state index in [9.17, 15) is 0 Å². The third kappa shape index (κ3) is 0.845. The molecule has 1 nitrogen and oxygen atoms in total. The Kier molecular flexibility index (Phi) is 1.58. The smallest absolute Gasteiger partial charge is 0.0699 e. The Balaban J connectivity index is 2.26. The minimum atomic E-state index is -0.0961. The summed E-state index contributed by atoms with van der Waals surface area (Å²) in [5, 5.41) is 9.14. The summed E-state index contributed by atoms with van der Waals surface area (Å²) in [4.78, 5) is 0. The van der Waals surface area contributed by atoms with E-state index in [0.717, 1.165) is 12.8 Å². The van der Waals surface area contributed by atoms with Crippen LogP contribution in [0, 0.1) is 28.6 Å². The fourth-order valence-electron chi connectivity index (χ4n) is 2.62. The van der Waals surface area contributed by atoms with Crippen LogP contribution in [-0.4, -0.2) is 0 Å². The van der Waals surface area contributed by atoms with Crippen LogP contribution in [0.4, 0.5) is 0 Å². The average Bonchev–Trinajstić information content (AvgIpc) is 2.64. The monoisotopic (exact) mass is 159 g/mol. The van der Waals surface area contributed by atoms with Crippen LogP contribution in [0.2, 0.25) is 0 Å². The molecule has 1 fully saturated rings. The van der Waals surface area contributed by atoms with Gasteiger partial charge >= 0.3 is 0 Å². The average molecular weight is 159 g/mol. The predicted molar refractivity (Wildman–Crippen MR) is 48.2 cm³/mol. The Labute approximate surface area is 73.4 Å². The summed E-state index contributed by atoms with van der Waals surface area (Å²) in [6.45, 7) is 3.73. The number of nitriles is 1. The number of allylic oxidation sites excluding steroid dienone is 3. The fraction of sp³-hybridized carbons (Fsp3) is 0.545. The summed E-state index contributed by atoms with van der Waals surface area (Å²) in [7, 11) is 0. The Hall–Kier alpha value is -1.03. The van der Waals surface area contributed by atoms with Gasteiger partial charge in [0.15, 0.2) is 0 Å². The molecule has 0 N–H and O–H groups in total. The van der Waals surface area contributed by atoms with Gasteiger partial charge in [0.1, 0.15) is 0 Å². The third-order valence-corrected chi connectivity index (χ3v) is 3.24. The van der Waals surface area contributed by atoms with Crippen LogP contribution in [0.3, 0.4) is 0 Å². The summed E-state index contributed by atoms with van der Waals surface area (Å²) in [5.74, 6) is 1.18. The van der Waals surface area contributed by atoms with Gasteiger partial charge in [-0.25, -0.2) is 0 Å². The van der Waals surface area contributed by atoms with E-state index in [0.29, 0.717) is 11.8 Å². The SMILES string of the molecule is C=CC[C@@]1(C#N)C[C@@H]2C=C[C@H]1C2. The van der Waals surface area contributed by atoms with Crippen molar-refractivity contribution in [3.05, 3.63) is 24.8 Å². The van der Waals surface area contributed by atoms with E-state index in [1.165, 1.54) is 6.42 Å². The molecule has 0 aliphatic heterocycles. The summed E-state index contributed by atoms with van der Waals surface area (Å²) >= 11 is 0. The number of nitrogens with zero attached hydrogens (tertiary/aromatic N) is 1. The molecule has 0 spiro atoms. The molecule has 0 radical (unpaired) electrons. The topological polar surface area (TPSA) is 23.8 Å². The van der Waals surface area contributed by atoms with Crippen LogP contribution in [0.1, 0.15) is 19.3 Å². The molecule has 2 bridgehead atoms. The Morgan fingerprint density at radius 3 is 2.92 bits per heavy atom. The molecular formula is C11H13N. The first-order valence-corrected chi connectivity index (χ1v) is 4.51. The van der Waals surface area contributed by atoms with Crippen LogP contribution >= 0.6 is 0 Å². The molecule has 0 heterocycles. The summed E-state index contributed by atoms with van der Waals surface area (Å²) < 4.78 is 0. The lowest BCUT2D eigenvalue weighted by molar-refractivity contribution is 0.331. The van der Waals surface area contributed by atoms with E-state index < -0.39 is 0 Å². The highest BCUT2D eigenvalue weighted by molar-refractivity contribution is 5.23. The Bertz CT molecular complexity index is 271. The van der Waals surface area contributed by atoms with Crippen LogP contribution < -0.4 is 0 Å². The largest absolute Gasteiger partial charge is 0.198 e. The zero-order chi connectivity index (χ0) is 8.60. The maximum absolute atomic E-state index is 9.14. The van der Waals surface area contributed by atoms with Crippen molar-refractivity contribution in [2.24, 2.45) is 17.3 Å². The minimum absolute atomic E-state index is 0.0961. The number of hydrogen-bond donors (Lipinski definition) is 0. The molecule has 0 amide bonds. The molecule has 0 unspecified atom stereocenters. The lowest BCUT2D eigenvalue weighted by atomic mass is 9.74. The zero-order valence-corrected chi connectivity index (χ0v) is 7.16. The van der Waals surface area contributed by atoms with Crippen molar-refractivity contribution in [2.45, 2.75) is 19.3 Å². The maximum atomic E-state index is 9.14. The normalized spacial score (nSPS) is 42.9. The van der Waals surface area contributed by atoms with Crippen molar-refractivity contribution < 1.29 is 0 Å². The van der Waals surface area contributed by atoms with Gasteiger partial charge in [-0.1, -0.05) is 18.2 Å². The lowest BCUT2D eigenvalue weighted by Crippen LogP contribution is -2.22. The molecule has 0 saturated heterocycles. The highest BCUT2D eigenvalue weighted by atomic mass is 14.5. The van der Waals surface area contributed by atoms with Gasteiger partial charge in [-0.3, -0.25) is 0 Å². The lowest BCUT2D eigenvalue weighted by Gasteiger charge is -2.26. The maximum Gasteiger partial charge on any atom is 0.0699 e. The second-order valence-corrected chi connectivity index (χ2v) is 3.95. The molecule has 3 atom stereocenters. The first-order valence-electron chi connectivity index (χ1n) is 4.51. The van der Waals surface area contributed by atoms with E-state index in [1.54, 1.807) is 0 Å². The molecule has 1 saturated carbocycles. The fourth-order valence-corrected chi connectivity index (χ4v) is 2.62. The van der Waals surface area contributed by atoms with Crippen molar-refractivity contribution in [1.82, 2.24) is 0 Å². The van der Waals surface area contributed by atoms with Crippen LogP contribution in [0.25, 0.3) is 0 Å². The molecular weight excluding hydrogens is 146 g/mol. The van der Waals surface area contributed by atoms with Crippen molar-refractivity contribution in [3.8, 4) is 6.07 Å². The number of rotatable bonds is 2. The molecule has 2 aliphatic carbocycles. The van der Waals surface area contributed by atoms with Crippen molar-refractivity contribution in [2.75, 3.05) is 0 Å². The molecule has 62 valence electrons. The summed E-state index contributed by atoms with van der Waals surface area (Å²) in [6, 6.07) is 2.49. The van der Waals surface area contributed by atoms with Crippen LogP contribution in [-0.2, 0) is 0 Å². The van der Waals surface area contributed by atoms with Gasteiger partial charge in [0, 0.05) is 0 Å². The van der Waals surface area contributed by atoms with Gasteiger partial charge in [-0.2, -0.15) is 5.26 Å². The Morgan fingerprint density at radius 2 is 2.50 bits per heavy atom. The van der Waals surface area contributed by atoms with Crippen molar-refractivity contribution in [1.29, 1.82) is 5.26 Å². The first-order chi connectivity index (χ1) is 5.80. The first kappa shape index (κ1) is 7.61. The highest BCUT2D eigenvalue weighted by Gasteiger charge is 2.47. The predicted octanol–water partition coefficient (Wildman–Crippen LogP) is 2.67. The van der Waals surface area contributed by atoms with Crippen molar-refractivity contribution in [3.63, 3.8) is 0 Å². The third-order valence-electron chi connectivity index (χ3n) is 3.24. The standard InChI is InChI=1S/C11H13N/c1-2-5-11(8-12)7-9-3-4-10(11)6-9/h2-4,9-10H,1,5-7H2/t9-,10+,11+/m1/s1. The van der Waals surface area contributed by atoms with Crippen molar-refractivity contribution >= 4 is 0 Å². The molecule has 2 aliphatic rings. The van der Waals surface area contributed by atoms with Crippen LogP contribution in [0.5, 0.6) is 0 Å². The van der Waals surface area contributed by atoms with Gasteiger partial charge in [-0.05, 0) is 31.1 Å². The molecule has 0 aromatic rings. The van der Waals surface area contributed by atoms with E-state index in [4.69, 9.17) is 5.26 Å². The minimum Gasteiger partial charge on any atom is -0.198 e. The molecule has 0 aromatic heterocycles. The molecule has 12 heavy (non-hydrogen) atoms. The summed E-state index contributed by atoms with van der Waals surface area (Å²) in [5.41, 5.74) is -0.0961. The number of fused-ring (bicyclic) bond motifs is 2. The summed E-state index contributed by atoms with van der Waals surface area (Å²) in [6.07, 6.45) is 9.48. The molecule has 2 rings (SSSR count). The van der Waals surface area contributed by atoms with Gasteiger partial charge in [0.05, 0.1) is 11.5 Å². The zero-order valence-electron chi connectivity index (χ0n) is 7.16. The molecule has 0 aromatic carbocycles. The highest BCUT2D eigenvalue weighted by Crippen LogP contribution is 2.53. The van der Waals surface area contributed by atoms with E-state index >= 15 is 0 Å². The van der Waals surface area contributed by atoms with E-state index in [-0.39, 0.29) is 5.41 Å². The van der Waals surface area contributed by atoms with Gasteiger partial charge in [-0.15, -0.1) is 6.58 Å². The number of hydrogen-bond acceptors (Lipinski definition) is 1. The van der Waals surface area contributed by atoms with Gasteiger partial charge in [0.2, 0.25) is 0 Å². The van der Waals surface area contributed by atoms with E-state index in [1.807, 2.05) is 6.08 Å². The second-order valence-electron chi connectivity index (χ2n) is 3.95. The Morgan fingerprint density at radius 1 is 1.67 bits per heavy atom. The molecule has 1 heteroatoms. The van der Waals surface area contributed by atoms with Crippen LogP contribution in [0.15, 0.2) is 24.8 Å². The van der Waals surface area contributed by atoms with Gasteiger partial charge in [0.25, 0.3) is 0 Å². The van der Waals surface area contributed by atoms with Gasteiger partial charge < -0.3 is 0 Å².